The van der Waals surface area contributed by atoms with Crippen LogP contribution >= 0.6 is 11.8 Å². The molecule has 0 radical (unpaired) electrons. The van der Waals surface area contributed by atoms with E-state index in [1.165, 1.54) is 18.7 Å². The van der Waals surface area contributed by atoms with Crippen LogP contribution in [0.4, 0.5) is 0 Å². The lowest BCUT2D eigenvalue weighted by molar-refractivity contribution is -0.144. The van der Waals surface area contributed by atoms with E-state index in [0.717, 1.165) is 0 Å². The molecule has 0 aliphatic carbocycles. The normalized spacial score (nSPS) is 14.9. The molecule has 0 rings (SSSR count). The molecule has 36 heavy (non-hydrogen) atoms. The topological polar surface area (TPSA) is 273 Å². The minimum absolute atomic E-state index is 0.0636. The largest absolute Gasteiger partial charge is 0.481 e. The van der Waals surface area contributed by atoms with Crippen LogP contribution in [0.3, 0.4) is 0 Å². The van der Waals surface area contributed by atoms with Crippen molar-refractivity contribution in [3.63, 3.8) is 0 Å². The molecule has 5 atom stereocenters. The molecule has 0 saturated heterocycles. The summed E-state index contributed by atoms with van der Waals surface area (Å²) in [7, 11) is 0. The summed E-state index contributed by atoms with van der Waals surface area (Å²) >= 11 is 1.49. The van der Waals surface area contributed by atoms with Gasteiger partial charge in [0.1, 0.15) is 18.1 Å². The summed E-state index contributed by atoms with van der Waals surface area (Å²) in [6.07, 6.45) is 0.165. The van der Waals surface area contributed by atoms with Crippen molar-refractivity contribution in [3.8, 4) is 0 Å². The Bertz CT molecular complexity index is 792. The summed E-state index contributed by atoms with van der Waals surface area (Å²) in [6.45, 7) is 1.35. The third-order valence-electron chi connectivity index (χ3n) is 4.87. The minimum Gasteiger partial charge on any atom is -0.481 e. The third-order valence-corrected chi connectivity index (χ3v) is 5.52. The van der Waals surface area contributed by atoms with Gasteiger partial charge in [0.05, 0.1) is 12.1 Å². The third kappa shape index (κ3) is 13.7. The molecule has 12 N–H and O–H groups in total. The minimum atomic E-state index is -1.59. The predicted octanol–water partition coefficient (Wildman–Crippen LogP) is -3.09. The Morgan fingerprint density at radius 3 is 2.03 bits per heavy atom. The van der Waals surface area contributed by atoms with Gasteiger partial charge in [0.25, 0.3) is 0 Å². The summed E-state index contributed by atoms with van der Waals surface area (Å²) in [5, 5.41) is 35.0. The molecule has 0 bridgehead atoms. The van der Waals surface area contributed by atoms with E-state index in [2.05, 4.69) is 20.9 Å². The van der Waals surface area contributed by atoms with E-state index in [1.54, 1.807) is 0 Å². The summed E-state index contributed by atoms with van der Waals surface area (Å²) < 4.78 is 0. The molecule has 0 aliphatic heterocycles. The number of hydrogen-bond donors (Lipinski definition) is 9. The molecule has 15 nitrogen and oxygen atoms in total. The fraction of sp³-hybridized carbons (Fsp3) is 0.700. The molecular weight excluding hydrogens is 498 g/mol. The number of hydrogen-bond acceptors (Lipinski definition) is 9. The number of guanidine groups is 1. The van der Waals surface area contributed by atoms with Crippen molar-refractivity contribution in [2.24, 2.45) is 22.2 Å². The van der Waals surface area contributed by atoms with Crippen LogP contribution < -0.4 is 33.2 Å². The highest BCUT2D eigenvalue weighted by Crippen LogP contribution is 2.06. The van der Waals surface area contributed by atoms with Crippen LogP contribution in [0.25, 0.3) is 0 Å². The fourth-order valence-corrected chi connectivity index (χ4v) is 3.36. The van der Waals surface area contributed by atoms with Crippen molar-refractivity contribution in [2.75, 3.05) is 18.6 Å². The first-order valence-electron chi connectivity index (χ1n) is 11.1. The zero-order chi connectivity index (χ0) is 27.8. The van der Waals surface area contributed by atoms with E-state index in [-0.39, 0.29) is 25.3 Å². The van der Waals surface area contributed by atoms with Crippen molar-refractivity contribution < 1.29 is 39.3 Å². The number of thioether (sulfide) groups is 1. The number of nitrogens with one attached hydrogen (secondary N) is 3. The quantitative estimate of drug-likeness (QED) is 0.0479. The van der Waals surface area contributed by atoms with Crippen molar-refractivity contribution in [1.82, 2.24) is 16.0 Å². The molecule has 0 aromatic carbocycles. The van der Waals surface area contributed by atoms with Crippen molar-refractivity contribution in [1.29, 1.82) is 0 Å². The SMILES string of the molecule is CSCCC(N)C(=O)NC(CCCN=C(N)N)C(=O)NC(C(=O)NC(CCC(=O)O)C(=O)O)C(C)O. The summed E-state index contributed by atoms with van der Waals surface area (Å²) in [6, 6.07) is -5.20. The average Bonchev–Trinajstić information content (AvgIpc) is 2.79. The monoisotopic (exact) mass is 535 g/mol. The molecule has 0 saturated carbocycles. The highest BCUT2D eigenvalue weighted by molar-refractivity contribution is 7.98. The molecule has 0 heterocycles. The van der Waals surface area contributed by atoms with Crippen LogP contribution in [0.15, 0.2) is 4.99 Å². The Labute approximate surface area is 213 Å². The number of aliphatic hydroxyl groups is 1. The van der Waals surface area contributed by atoms with Crippen LogP contribution in [0.5, 0.6) is 0 Å². The molecule has 16 heteroatoms. The number of carboxylic acids is 2. The van der Waals surface area contributed by atoms with Gasteiger partial charge in [-0.3, -0.25) is 24.2 Å². The van der Waals surface area contributed by atoms with Gasteiger partial charge in [-0.25, -0.2) is 4.79 Å². The van der Waals surface area contributed by atoms with Crippen LogP contribution in [-0.2, 0) is 24.0 Å². The van der Waals surface area contributed by atoms with Crippen LogP contribution in [0.1, 0.15) is 39.0 Å². The maximum absolute atomic E-state index is 13.0. The van der Waals surface area contributed by atoms with Crippen LogP contribution in [0.2, 0.25) is 0 Å². The van der Waals surface area contributed by atoms with Gasteiger partial charge in [0.15, 0.2) is 5.96 Å². The van der Waals surface area contributed by atoms with Crippen molar-refractivity contribution >= 4 is 47.4 Å². The van der Waals surface area contributed by atoms with E-state index in [4.69, 9.17) is 22.3 Å². The lowest BCUT2D eigenvalue weighted by Gasteiger charge is -2.26. The van der Waals surface area contributed by atoms with Gasteiger partial charge in [-0.1, -0.05) is 0 Å². The van der Waals surface area contributed by atoms with E-state index in [9.17, 15) is 34.2 Å². The van der Waals surface area contributed by atoms with Crippen molar-refractivity contribution in [2.45, 2.75) is 69.3 Å². The average molecular weight is 536 g/mol. The maximum Gasteiger partial charge on any atom is 0.326 e. The highest BCUT2D eigenvalue weighted by Gasteiger charge is 2.32. The van der Waals surface area contributed by atoms with Gasteiger partial charge < -0.3 is 48.5 Å². The van der Waals surface area contributed by atoms with Crippen LogP contribution in [0, 0.1) is 0 Å². The Morgan fingerprint density at radius 1 is 0.917 bits per heavy atom. The fourth-order valence-electron chi connectivity index (χ4n) is 2.87. The first-order chi connectivity index (χ1) is 16.8. The van der Waals surface area contributed by atoms with E-state index in [0.29, 0.717) is 12.2 Å². The smallest absolute Gasteiger partial charge is 0.326 e. The van der Waals surface area contributed by atoms with E-state index >= 15 is 0 Å². The number of aliphatic imine (C=N–C) groups is 1. The molecule has 5 unspecified atom stereocenters. The highest BCUT2D eigenvalue weighted by atomic mass is 32.2. The Balaban J connectivity index is 5.50. The second kappa shape index (κ2) is 17.3. The standard InChI is InChI=1S/C20H37N7O8S/c1-10(28)15(18(33)26-13(19(34)35)5-6-14(29)30)27-17(32)12(4-3-8-24-20(22)23)25-16(31)11(21)7-9-36-2/h10-13,15,28H,3-9,21H2,1-2H3,(H,25,31)(H,26,33)(H,27,32)(H,29,30)(H,34,35)(H4,22,23,24). The number of carbonyl (C=O) groups excluding carboxylic acids is 3. The molecule has 0 fully saturated rings. The zero-order valence-corrected chi connectivity index (χ0v) is 21.1. The lowest BCUT2D eigenvalue weighted by Crippen LogP contribution is -2.59. The van der Waals surface area contributed by atoms with Gasteiger partial charge in [0, 0.05) is 13.0 Å². The number of amides is 3. The number of aliphatic carboxylic acids is 2. The first kappa shape index (κ1) is 32.9. The maximum atomic E-state index is 13.0. The van der Waals surface area contributed by atoms with E-state index in [1.807, 2.05) is 6.26 Å². The van der Waals surface area contributed by atoms with Crippen molar-refractivity contribution in [3.05, 3.63) is 0 Å². The summed E-state index contributed by atoms with van der Waals surface area (Å²) in [5.41, 5.74) is 16.4. The molecule has 3 amide bonds. The van der Waals surface area contributed by atoms with Gasteiger partial charge in [-0.05, 0) is 44.6 Å². The van der Waals surface area contributed by atoms with Gasteiger partial charge in [-0.2, -0.15) is 11.8 Å². The predicted molar refractivity (Wildman–Crippen MR) is 133 cm³/mol. The lowest BCUT2D eigenvalue weighted by atomic mass is 10.1. The summed E-state index contributed by atoms with van der Waals surface area (Å²) in [4.78, 5) is 64.0. The van der Waals surface area contributed by atoms with Gasteiger partial charge >= 0.3 is 11.9 Å². The number of rotatable bonds is 18. The Kier molecular flexibility index (Phi) is 15.8. The summed E-state index contributed by atoms with van der Waals surface area (Å²) in [5.74, 6) is -4.74. The molecule has 0 spiro atoms. The zero-order valence-electron chi connectivity index (χ0n) is 20.3. The molecule has 0 aliphatic rings. The molecule has 0 aromatic rings. The molecular formula is C20H37N7O8S. The number of carbonyl (C=O) groups is 5. The van der Waals surface area contributed by atoms with Gasteiger partial charge in [-0.15, -0.1) is 0 Å². The number of carboxylic acid groups (broad SMARTS) is 2. The number of aliphatic hydroxyl groups excluding tert-OH is 1. The number of nitrogens with two attached hydrogens (primary N) is 3. The van der Waals surface area contributed by atoms with Crippen LogP contribution in [-0.4, -0.2) is 99.8 Å². The molecule has 0 aromatic heterocycles. The number of nitrogens with zero attached hydrogens (tertiary/aromatic N) is 1. The Morgan fingerprint density at radius 2 is 1.53 bits per heavy atom. The molecule has 206 valence electrons. The Hall–Kier alpha value is -3.11. The van der Waals surface area contributed by atoms with E-state index < -0.39 is 72.8 Å². The first-order valence-corrected chi connectivity index (χ1v) is 12.5. The van der Waals surface area contributed by atoms with Gasteiger partial charge in [0.2, 0.25) is 17.7 Å². The second-order valence-electron chi connectivity index (χ2n) is 7.96. The second-order valence-corrected chi connectivity index (χ2v) is 8.94.